The maximum absolute atomic E-state index is 13.8. The van der Waals surface area contributed by atoms with Crippen molar-refractivity contribution in [1.29, 1.82) is 0 Å². The van der Waals surface area contributed by atoms with Crippen LogP contribution >= 0.6 is 0 Å². The zero-order valence-electron chi connectivity index (χ0n) is 11.1. The van der Waals surface area contributed by atoms with Gasteiger partial charge < -0.3 is 10.2 Å². The third-order valence-electron chi connectivity index (χ3n) is 3.47. The maximum atomic E-state index is 13.8. The van der Waals surface area contributed by atoms with Gasteiger partial charge in [-0.1, -0.05) is 0 Å². The topological polar surface area (TPSA) is 75.5 Å². The van der Waals surface area contributed by atoms with Crippen molar-refractivity contribution in [2.75, 3.05) is 19.6 Å². The summed E-state index contributed by atoms with van der Waals surface area (Å²) >= 11 is 0. The van der Waals surface area contributed by atoms with Crippen molar-refractivity contribution in [3.63, 3.8) is 0 Å². The molecule has 20 heavy (non-hydrogen) atoms. The fraction of sp³-hybridized carbons (Fsp3) is 0.462. The van der Waals surface area contributed by atoms with Gasteiger partial charge in [0.25, 0.3) is 11.6 Å². The van der Waals surface area contributed by atoms with Gasteiger partial charge in [-0.25, -0.2) is 4.39 Å². The summed E-state index contributed by atoms with van der Waals surface area (Å²) in [5, 5.41) is 13.9. The fourth-order valence-corrected chi connectivity index (χ4v) is 2.42. The number of likely N-dealkylation sites (N-methyl/N-ethyl adjacent to an activating group) is 1. The van der Waals surface area contributed by atoms with E-state index in [1.165, 1.54) is 0 Å². The first-order valence-electron chi connectivity index (χ1n) is 6.50. The van der Waals surface area contributed by atoms with Crippen LogP contribution in [0.3, 0.4) is 0 Å². The minimum Gasteiger partial charge on any atom is -0.335 e. The lowest BCUT2D eigenvalue weighted by atomic mass is 10.1. The summed E-state index contributed by atoms with van der Waals surface area (Å²) in [6.45, 7) is 3.72. The van der Waals surface area contributed by atoms with E-state index >= 15 is 0 Å². The smallest absolute Gasteiger partial charge is 0.270 e. The van der Waals surface area contributed by atoms with Gasteiger partial charge in [0.15, 0.2) is 0 Å². The maximum Gasteiger partial charge on any atom is 0.270 e. The number of benzene rings is 1. The standard InChI is InChI=1S/C13H16FN3O3/c1-2-16(10-5-6-15-8-10)13(18)11-7-9(17(19)20)3-4-12(11)14/h3-4,7,10,15H,2,5-6,8H2,1H3. The zero-order valence-corrected chi connectivity index (χ0v) is 11.1. The summed E-state index contributed by atoms with van der Waals surface area (Å²) in [4.78, 5) is 24.0. The van der Waals surface area contributed by atoms with Crippen molar-refractivity contribution in [3.05, 3.63) is 39.7 Å². The molecule has 1 aliphatic rings. The normalized spacial score (nSPS) is 18.0. The number of nitro benzene ring substituents is 1. The molecule has 0 bridgehead atoms. The minimum atomic E-state index is -0.731. The predicted octanol–water partition coefficient (Wildman–Crippen LogP) is 1.56. The molecule has 108 valence electrons. The predicted molar refractivity (Wildman–Crippen MR) is 71.0 cm³/mol. The summed E-state index contributed by atoms with van der Waals surface area (Å²) in [6.07, 6.45) is 0.802. The van der Waals surface area contributed by atoms with Crippen LogP contribution in [0.4, 0.5) is 10.1 Å². The first-order valence-corrected chi connectivity index (χ1v) is 6.50. The molecule has 7 heteroatoms. The van der Waals surface area contributed by atoms with E-state index in [1.807, 2.05) is 6.92 Å². The first kappa shape index (κ1) is 14.4. The Kier molecular flexibility index (Phi) is 4.29. The molecule has 1 fully saturated rings. The first-order chi connectivity index (χ1) is 9.54. The quantitative estimate of drug-likeness (QED) is 0.671. The van der Waals surface area contributed by atoms with E-state index in [1.54, 1.807) is 4.90 Å². The number of nitrogens with zero attached hydrogens (tertiary/aromatic N) is 2. The van der Waals surface area contributed by atoms with Crippen LogP contribution in [0.25, 0.3) is 0 Å². The van der Waals surface area contributed by atoms with Crippen molar-refractivity contribution < 1.29 is 14.1 Å². The average Bonchev–Trinajstić information content (AvgIpc) is 2.93. The molecule has 1 unspecified atom stereocenters. The van der Waals surface area contributed by atoms with Crippen LogP contribution in [0.2, 0.25) is 0 Å². The van der Waals surface area contributed by atoms with E-state index in [2.05, 4.69) is 5.32 Å². The van der Waals surface area contributed by atoms with E-state index in [9.17, 15) is 19.3 Å². The Balaban J connectivity index is 2.30. The van der Waals surface area contributed by atoms with Crippen LogP contribution < -0.4 is 5.32 Å². The minimum absolute atomic E-state index is 0.00571. The second-order valence-electron chi connectivity index (χ2n) is 4.66. The Morgan fingerprint density at radius 3 is 2.90 bits per heavy atom. The van der Waals surface area contributed by atoms with Crippen LogP contribution in [0.1, 0.15) is 23.7 Å². The average molecular weight is 281 g/mol. The molecule has 1 aliphatic heterocycles. The highest BCUT2D eigenvalue weighted by Gasteiger charge is 2.28. The summed E-state index contributed by atoms with van der Waals surface area (Å²) < 4.78 is 13.8. The summed E-state index contributed by atoms with van der Waals surface area (Å²) in [5.74, 6) is -1.23. The molecule has 2 rings (SSSR count). The number of amides is 1. The van der Waals surface area contributed by atoms with E-state index in [0.29, 0.717) is 13.1 Å². The Morgan fingerprint density at radius 2 is 2.35 bits per heavy atom. The Hall–Kier alpha value is -2.02. The van der Waals surface area contributed by atoms with Crippen LogP contribution in [-0.2, 0) is 0 Å². The number of non-ortho nitro benzene ring substituents is 1. The molecule has 0 radical (unpaired) electrons. The number of carbonyl (C=O) groups excluding carboxylic acids is 1. The molecule has 1 amide bonds. The molecular formula is C13H16FN3O3. The molecule has 1 aromatic carbocycles. The second-order valence-corrected chi connectivity index (χ2v) is 4.66. The van der Waals surface area contributed by atoms with Crippen LogP contribution in [0, 0.1) is 15.9 Å². The number of halogens is 1. The van der Waals surface area contributed by atoms with Crippen LogP contribution in [0.15, 0.2) is 18.2 Å². The molecule has 0 spiro atoms. The van der Waals surface area contributed by atoms with Gasteiger partial charge >= 0.3 is 0 Å². The van der Waals surface area contributed by atoms with Crippen molar-refractivity contribution in [2.45, 2.75) is 19.4 Å². The SMILES string of the molecule is CCN(C(=O)c1cc([N+](=O)[O-])ccc1F)C1CCNC1. The van der Waals surface area contributed by atoms with Crippen LogP contribution in [-0.4, -0.2) is 41.4 Å². The van der Waals surface area contributed by atoms with Gasteiger partial charge in [0.1, 0.15) is 5.82 Å². The highest BCUT2D eigenvalue weighted by molar-refractivity contribution is 5.95. The lowest BCUT2D eigenvalue weighted by molar-refractivity contribution is -0.384. The molecule has 6 nitrogen and oxygen atoms in total. The van der Waals surface area contributed by atoms with Gasteiger partial charge in [0.2, 0.25) is 0 Å². The summed E-state index contributed by atoms with van der Waals surface area (Å²) in [6, 6.07) is 3.03. The number of hydrogen-bond donors (Lipinski definition) is 1. The van der Waals surface area contributed by atoms with E-state index < -0.39 is 16.6 Å². The van der Waals surface area contributed by atoms with E-state index in [0.717, 1.165) is 31.2 Å². The number of nitrogens with one attached hydrogen (secondary N) is 1. The van der Waals surface area contributed by atoms with Gasteiger partial charge in [0, 0.05) is 31.3 Å². The second kappa shape index (κ2) is 5.96. The number of carbonyl (C=O) groups is 1. The van der Waals surface area contributed by atoms with Gasteiger partial charge in [-0.2, -0.15) is 0 Å². The van der Waals surface area contributed by atoms with Crippen molar-refractivity contribution >= 4 is 11.6 Å². The number of hydrogen-bond acceptors (Lipinski definition) is 4. The molecule has 1 N–H and O–H groups in total. The lowest BCUT2D eigenvalue weighted by Crippen LogP contribution is -2.41. The van der Waals surface area contributed by atoms with Gasteiger partial charge in [0.05, 0.1) is 10.5 Å². The molecule has 1 saturated heterocycles. The number of rotatable bonds is 4. The summed E-state index contributed by atoms with van der Waals surface area (Å²) in [5.41, 5.74) is -0.525. The Labute approximate surface area is 115 Å². The third-order valence-corrected chi connectivity index (χ3v) is 3.47. The largest absolute Gasteiger partial charge is 0.335 e. The molecule has 0 aromatic heterocycles. The molecule has 1 aromatic rings. The van der Waals surface area contributed by atoms with E-state index in [-0.39, 0.29) is 17.3 Å². The van der Waals surface area contributed by atoms with Gasteiger partial charge in [-0.05, 0) is 26.0 Å². The molecule has 1 heterocycles. The lowest BCUT2D eigenvalue weighted by Gasteiger charge is -2.27. The van der Waals surface area contributed by atoms with Crippen molar-refractivity contribution in [1.82, 2.24) is 10.2 Å². The molecule has 0 saturated carbocycles. The molecule has 1 atom stereocenters. The molecular weight excluding hydrogens is 265 g/mol. The molecule has 0 aliphatic carbocycles. The zero-order chi connectivity index (χ0) is 14.7. The Morgan fingerprint density at radius 1 is 1.60 bits per heavy atom. The van der Waals surface area contributed by atoms with Crippen molar-refractivity contribution in [3.8, 4) is 0 Å². The Bertz CT molecular complexity index is 530. The third kappa shape index (κ3) is 2.77. The summed E-state index contributed by atoms with van der Waals surface area (Å²) in [7, 11) is 0. The fourth-order valence-electron chi connectivity index (χ4n) is 2.42. The van der Waals surface area contributed by atoms with Crippen molar-refractivity contribution in [2.24, 2.45) is 0 Å². The highest BCUT2D eigenvalue weighted by atomic mass is 19.1. The number of nitro groups is 1. The monoisotopic (exact) mass is 281 g/mol. The van der Waals surface area contributed by atoms with Gasteiger partial charge in [-0.15, -0.1) is 0 Å². The van der Waals surface area contributed by atoms with Gasteiger partial charge in [-0.3, -0.25) is 14.9 Å². The highest BCUT2D eigenvalue weighted by Crippen LogP contribution is 2.20. The van der Waals surface area contributed by atoms with E-state index in [4.69, 9.17) is 0 Å². The van der Waals surface area contributed by atoms with Crippen LogP contribution in [0.5, 0.6) is 0 Å².